The van der Waals surface area contributed by atoms with Gasteiger partial charge in [-0.05, 0) is 31.0 Å². The highest BCUT2D eigenvalue weighted by atomic mass is 16.5. The van der Waals surface area contributed by atoms with Crippen LogP contribution >= 0.6 is 0 Å². The molecule has 72 valence electrons. The average Bonchev–Trinajstić information content (AvgIpc) is 2.11. The molecule has 0 aliphatic carbocycles. The predicted octanol–water partition coefficient (Wildman–Crippen LogP) is 0.317. The van der Waals surface area contributed by atoms with E-state index in [4.69, 9.17) is 5.11 Å². The van der Waals surface area contributed by atoms with E-state index in [1.54, 1.807) is 18.3 Å². The molecule has 0 saturated carbocycles. The standard InChI is InChI=1S/C9H14N2O2/c1-8-3-5-11(13)9(7-8)10-4-2-6-12/h3,5,7,12-13H,2,4,6H2,1H3. The number of rotatable bonds is 3. The van der Waals surface area contributed by atoms with Gasteiger partial charge in [-0.3, -0.25) is 4.99 Å². The summed E-state index contributed by atoms with van der Waals surface area (Å²) >= 11 is 0. The lowest BCUT2D eigenvalue weighted by atomic mass is 10.3. The van der Waals surface area contributed by atoms with E-state index < -0.39 is 0 Å². The van der Waals surface area contributed by atoms with Gasteiger partial charge in [0.05, 0.1) is 0 Å². The van der Waals surface area contributed by atoms with Crippen LogP contribution in [0.1, 0.15) is 12.0 Å². The molecule has 1 aromatic heterocycles. The Morgan fingerprint density at radius 2 is 2.31 bits per heavy atom. The summed E-state index contributed by atoms with van der Waals surface area (Å²) in [4.78, 5) is 4.11. The van der Waals surface area contributed by atoms with Crippen LogP contribution in [0.4, 0.5) is 0 Å². The molecule has 0 radical (unpaired) electrons. The van der Waals surface area contributed by atoms with Crippen molar-refractivity contribution in [3.05, 3.63) is 29.4 Å². The van der Waals surface area contributed by atoms with Gasteiger partial charge < -0.3 is 10.3 Å². The quantitative estimate of drug-likeness (QED) is 0.522. The molecule has 1 heterocycles. The molecule has 0 aliphatic rings. The van der Waals surface area contributed by atoms with Crippen molar-refractivity contribution in [2.24, 2.45) is 4.99 Å². The van der Waals surface area contributed by atoms with Gasteiger partial charge >= 0.3 is 0 Å². The summed E-state index contributed by atoms with van der Waals surface area (Å²) in [6, 6.07) is 3.59. The van der Waals surface area contributed by atoms with Gasteiger partial charge in [0.1, 0.15) is 0 Å². The highest BCUT2D eigenvalue weighted by Crippen LogP contribution is 1.88. The van der Waals surface area contributed by atoms with Gasteiger partial charge in [-0.25, -0.2) is 0 Å². The van der Waals surface area contributed by atoms with Crippen LogP contribution in [0.3, 0.4) is 0 Å². The van der Waals surface area contributed by atoms with Crippen LogP contribution < -0.4 is 5.49 Å². The molecule has 1 rings (SSSR count). The third-order valence-corrected chi connectivity index (χ3v) is 1.66. The van der Waals surface area contributed by atoms with E-state index in [-0.39, 0.29) is 6.61 Å². The lowest BCUT2D eigenvalue weighted by Crippen LogP contribution is -2.18. The van der Waals surface area contributed by atoms with Gasteiger partial charge in [0.2, 0.25) is 0 Å². The molecule has 0 fully saturated rings. The maximum atomic E-state index is 9.29. The number of aliphatic hydroxyl groups excluding tert-OH is 1. The normalized spacial score (nSPS) is 12.0. The fraction of sp³-hybridized carbons (Fsp3) is 0.444. The van der Waals surface area contributed by atoms with Gasteiger partial charge in [-0.15, -0.1) is 0 Å². The number of hydrogen-bond acceptors (Lipinski definition) is 3. The molecule has 13 heavy (non-hydrogen) atoms. The van der Waals surface area contributed by atoms with Crippen molar-refractivity contribution < 1.29 is 10.3 Å². The number of aryl methyl sites for hydroxylation is 1. The highest BCUT2D eigenvalue weighted by Gasteiger charge is 1.90. The van der Waals surface area contributed by atoms with Gasteiger partial charge in [-0.2, -0.15) is 4.73 Å². The first kappa shape index (κ1) is 9.80. The second-order valence-electron chi connectivity index (χ2n) is 2.87. The Morgan fingerprint density at radius 1 is 1.54 bits per heavy atom. The molecule has 0 aromatic carbocycles. The van der Waals surface area contributed by atoms with Crippen LogP contribution in [0.25, 0.3) is 0 Å². The van der Waals surface area contributed by atoms with Crippen molar-refractivity contribution in [3.63, 3.8) is 0 Å². The second-order valence-corrected chi connectivity index (χ2v) is 2.87. The van der Waals surface area contributed by atoms with Gasteiger partial charge in [0, 0.05) is 19.3 Å². The van der Waals surface area contributed by atoms with Crippen molar-refractivity contribution in [1.82, 2.24) is 4.73 Å². The summed E-state index contributed by atoms with van der Waals surface area (Å²) < 4.78 is 0.977. The summed E-state index contributed by atoms with van der Waals surface area (Å²) in [5.41, 5.74) is 1.57. The fourth-order valence-corrected chi connectivity index (χ4v) is 0.965. The van der Waals surface area contributed by atoms with E-state index >= 15 is 0 Å². The highest BCUT2D eigenvalue weighted by molar-refractivity contribution is 5.06. The number of pyridine rings is 1. The Balaban J connectivity index is 2.85. The van der Waals surface area contributed by atoms with Crippen LogP contribution in [-0.2, 0) is 0 Å². The Kier molecular flexibility index (Phi) is 3.52. The molecule has 1 aromatic rings. The molecule has 0 saturated heterocycles. The Bertz CT molecular complexity index is 331. The molecule has 0 aliphatic heterocycles. The lowest BCUT2D eigenvalue weighted by molar-refractivity contribution is 0.171. The summed E-state index contributed by atoms with van der Waals surface area (Å²) in [6.45, 7) is 2.59. The van der Waals surface area contributed by atoms with Gasteiger partial charge in [-0.1, -0.05) is 0 Å². The summed E-state index contributed by atoms with van der Waals surface area (Å²) in [7, 11) is 0. The maximum absolute atomic E-state index is 9.29. The molecule has 0 bridgehead atoms. The molecule has 4 nitrogen and oxygen atoms in total. The van der Waals surface area contributed by atoms with Crippen molar-refractivity contribution in [2.75, 3.05) is 13.2 Å². The second kappa shape index (κ2) is 4.67. The lowest BCUT2D eigenvalue weighted by Gasteiger charge is -1.99. The topological polar surface area (TPSA) is 57.8 Å². The number of nitrogens with zero attached hydrogens (tertiary/aromatic N) is 2. The van der Waals surface area contributed by atoms with Crippen molar-refractivity contribution in [1.29, 1.82) is 0 Å². The minimum Gasteiger partial charge on any atom is -0.427 e. The molecular weight excluding hydrogens is 168 g/mol. The van der Waals surface area contributed by atoms with Crippen molar-refractivity contribution >= 4 is 0 Å². The zero-order valence-electron chi connectivity index (χ0n) is 7.64. The average molecular weight is 182 g/mol. The number of hydrogen-bond donors (Lipinski definition) is 2. The molecule has 2 N–H and O–H groups in total. The van der Waals surface area contributed by atoms with Crippen LogP contribution in [0, 0.1) is 6.92 Å². The minimum atomic E-state index is 0.126. The van der Waals surface area contributed by atoms with Crippen molar-refractivity contribution in [3.8, 4) is 0 Å². The number of aliphatic hydroxyl groups is 1. The zero-order chi connectivity index (χ0) is 9.68. The van der Waals surface area contributed by atoms with E-state index in [2.05, 4.69) is 4.99 Å². The summed E-state index contributed by atoms with van der Waals surface area (Å²) in [6.07, 6.45) is 2.17. The van der Waals surface area contributed by atoms with Crippen LogP contribution in [0.15, 0.2) is 23.3 Å². The third-order valence-electron chi connectivity index (χ3n) is 1.66. The molecule has 0 spiro atoms. The Labute approximate surface area is 76.8 Å². The van der Waals surface area contributed by atoms with Crippen LogP contribution in [0.5, 0.6) is 0 Å². The zero-order valence-corrected chi connectivity index (χ0v) is 7.64. The predicted molar refractivity (Wildman–Crippen MR) is 48.5 cm³/mol. The largest absolute Gasteiger partial charge is 0.427 e. The summed E-state index contributed by atoms with van der Waals surface area (Å²) in [5.74, 6) is 0. The smallest absolute Gasteiger partial charge is 0.163 e. The summed E-state index contributed by atoms with van der Waals surface area (Å²) in [5, 5.41) is 17.8. The van der Waals surface area contributed by atoms with Crippen LogP contribution in [-0.4, -0.2) is 28.2 Å². The molecule has 4 heteroatoms. The van der Waals surface area contributed by atoms with E-state index in [0.717, 1.165) is 10.3 Å². The van der Waals surface area contributed by atoms with Gasteiger partial charge in [0.15, 0.2) is 5.49 Å². The SMILES string of the molecule is Cc1ccn(O)c(=NCCCO)c1. The first-order valence-electron chi connectivity index (χ1n) is 4.24. The third kappa shape index (κ3) is 2.91. The molecule has 0 atom stereocenters. The van der Waals surface area contributed by atoms with E-state index in [0.29, 0.717) is 18.5 Å². The van der Waals surface area contributed by atoms with E-state index in [1.807, 2.05) is 6.92 Å². The fourth-order valence-electron chi connectivity index (χ4n) is 0.965. The Hall–Kier alpha value is -1.29. The van der Waals surface area contributed by atoms with E-state index in [9.17, 15) is 5.21 Å². The van der Waals surface area contributed by atoms with Crippen LogP contribution in [0.2, 0.25) is 0 Å². The number of aromatic nitrogens is 1. The maximum Gasteiger partial charge on any atom is 0.163 e. The Morgan fingerprint density at radius 3 is 3.00 bits per heavy atom. The first-order chi connectivity index (χ1) is 6.24. The molecule has 0 unspecified atom stereocenters. The van der Waals surface area contributed by atoms with Crippen molar-refractivity contribution in [2.45, 2.75) is 13.3 Å². The van der Waals surface area contributed by atoms with E-state index in [1.165, 1.54) is 0 Å². The molecule has 0 amide bonds. The van der Waals surface area contributed by atoms with Gasteiger partial charge in [0.25, 0.3) is 0 Å². The molecular formula is C9H14N2O2. The minimum absolute atomic E-state index is 0.126. The first-order valence-corrected chi connectivity index (χ1v) is 4.24. The monoisotopic (exact) mass is 182 g/mol.